The molecule has 0 fully saturated rings. The Kier molecular flexibility index (Phi) is 5.78. The molecule has 0 saturated heterocycles. The molecule has 0 heterocycles. The van der Waals surface area contributed by atoms with Gasteiger partial charge in [0.2, 0.25) is 0 Å². The number of ether oxygens (including phenoxy) is 1. The zero-order valence-corrected chi connectivity index (χ0v) is 12.3. The second-order valence-corrected chi connectivity index (χ2v) is 5.26. The maximum atomic E-state index is 6.10. The van der Waals surface area contributed by atoms with Crippen LogP contribution in [-0.4, -0.2) is 12.6 Å². The highest BCUT2D eigenvalue weighted by atomic mass is 16.5. The zero-order chi connectivity index (χ0) is 14.2. The molecule has 2 rings (SSSR count). The van der Waals surface area contributed by atoms with Crippen LogP contribution in [0.5, 0.6) is 0 Å². The first kappa shape index (κ1) is 14.8. The lowest BCUT2D eigenvalue weighted by atomic mass is 10.1. The molecule has 2 heteroatoms. The highest BCUT2D eigenvalue weighted by molar-refractivity contribution is 5.18. The van der Waals surface area contributed by atoms with Crippen molar-refractivity contribution >= 4 is 0 Å². The molecule has 0 aliphatic heterocycles. The lowest BCUT2D eigenvalue weighted by Crippen LogP contribution is -2.29. The summed E-state index contributed by atoms with van der Waals surface area (Å²) >= 11 is 0. The minimum atomic E-state index is 0.0822. The van der Waals surface area contributed by atoms with Gasteiger partial charge in [0.25, 0.3) is 0 Å². The topological polar surface area (TPSA) is 21.3 Å². The van der Waals surface area contributed by atoms with Crippen molar-refractivity contribution in [3.63, 3.8) is 0 Å². The molecule has 2 aromatic rings. The van der Waals surface area contributed by atoms with Crippen molar-refractivity contribution < 1.29 is 4.74 Å². The first-order chi connectivity index (χ1) is 9.75. The first-order valence-electron chi connectivity index (χ1n) is 7.19. The van der Waals surface area contributed by atoms with Gasteiger partial charge in [0.15, 0.2) is 0 Å². The largest absolute Gasteiger partial charge is 0.368 e. The molecule has 1 N–H and O–H groups in total. The average Bonchev–Trinajstić information content (AvgIpc) is 2.49. The average molecular weight is 269 g/mol. The third kappa shape index (κ3) is 4.80. The number of benzene rings is 2. The predicted molar refractivity (Wildman–Crippen MR) is 83.6 cm³/mol. The second-order valence-electron chi connectivity index (χ2n) is 5.26. The Labute approximate surface area is 121 Å². The van der Waals surface area contributed by atoms with Crippen molar-refractivity contribution in [3.05, 3.63) is 71.8 Å². The summed E-state index contributed by atoms with van der Waals surface area (Å²) in [4.78, 5) is 0. The van der Waals surface area contributed by atoms with Crippen LogP contribution in [0, 0.1) is 0 Å². The molecule has 0 saturated carbocycles. The molecule has 0 aromatic heterocycles. The summed E-state index contributed by atoms with van der Waals surface area (Å²) in [6.07, 6.45) is 0.0822. The van der Waals surface area contributed by atoms with E-state index in [1.807, 2.05) is 24.3 Å². The van der Waals surface area contributed by atoms with Crippen LogP contribution in [0.4, 0.5) is 0 Å². The van der Waals surface area contributed by atoms with Crippen LogP contribution in [0.3, 0.4) is 0 Å². The van der Waals surface area contributed by atoms with Crippen LogP contribution in [0.25, 0.3) is 0 Å². The molecule has 0 aliphatic carbocycles. The van der Waals surface area contributed by atoms with E-state index in [9.17, 15) is 0 Å². The van der Waals surface area contributed by atoms with Gasteiger partial charge in [0, 0.05) is 12.6 Å². The molecule has 2 aromatic carbocycles. The normalized spacial score (nSPS) is 12.6. The fourth-order valence-electron chi connectivity index (χ4n) is 2.05. The quantitative estimate of drug-likeness (QED) is 0.822. The predicted octanol–water partition coefficient (Wildman–Crippen LogP) is 3.94. The van der Waals surface area contributed by atoms with Gasteiger partial charge < -0.3 is 10.1 Å². The Hall–Kier alpha value is -1.64. The third-order valence-corrected chi connectivity index (χ3v) is 3.18. The van der Waals surface area contributed by atoms with E-state index in [0.717, 1.165) is 6.54 Å². The maximum absolute atomic E-state index is 6.10. The zero-order valence-electron chi connectivity index (χ0n) is 12.3. The SMILES string of the molecule is CC(C)NCC(OCc1ccccc1)c1ccccc1. The van der Waals surface area contributed by atoms with E-state index in [0.29, 0.717) is 12.6 Å². The van der Waals surface area contributed by atoms with Gasteiger partial charge in [-0.25, -0.2) is 0 Å². The van der Waals surface area contributed by atoms with Crippen molar-refractivity contribution in [2.75, 3.05) is 6.54 Å². The number of hydrogen-bond acceptors (Lipinski definition) is 2. The molecule has 0 amide bonds. The van der Waals surface area contributed by atoms with Crippen molar-refractivity contribution in [3.8, 4) is 0 Å². The molecule has 0 radical (unpaired) electrons. The van der Waals surface area contributed by atoms with Gasteiger partial charge in [-0.15, -0.1) is 0 Å². The van der Waals surface area contributed by atoms with Gasteiger partial charge >= 0.3 is 0 Å². The molecular weight excluding hydrogens is 246 g/mol. The Morgan fingerprint density at radius 2 is 1.50 bits per heavy atom. The Morgan fingerprint density at radius 3 is 2.10 bits per heavy atom. The van der Waals surface area contributed by atoms with Crippen molar-refractivity contribution in [1.29, 1.82) is 0 Å². The number of hydrogen-bond donors (Lipinski definition) is 1. The van der Waals surface area contributed by atoms with Crippen LogP contribution in [0.15, 0.2) is 60.7 Å². The fraction of sp³-hybridized carbons (Fsp3) is 0.333. The highest BCUT2D eigenvalue weighted by Gasteiger charge is 2.12. The summed E-state index contributed by atoms with van der Waals surface area (Å²) in [5, 5.41) is 3.46. The molecule has 2 nitrogen and oxygen atoms in total. The Morgan fingerprint density at radius 1 is 0.900 bits per heavy atom. The first-order valence-corrected chi connectivity index (χ1v) is 7.19. The molecule has 1 unspecified atom stereocenters. The lowest BCUT2D eigenvalue weighted by molar-refractivity contribution is 0.0386. The van der Waals surface area contributed by atoms with Gasteiger partial charge in [-0.2, -0.15) is 0 Å². The van der Waals surface area contributed by atoms with Crippen LogP contribution < -0.4 is 5.32 Å². The summed E-state index contributed by atoms with van der Waals surface area (Å²) < 4.78 is 6.10. The van der Waals surface area contributed by atoms with Crippen LogP contribution in [-0.2, 0) is 11.3 Å². The van der Waals surface area contributed by atoms with Crippen molar-refractivity contribution in [1.82, 2.24) is 5.32 Å². The minimum Gasteiger partial charge on any atom is -0.368 e. The summed E-state index contributed by atoms with van der Waals surface area (Å²) in [7, 11) is 0. The Balaban J connectivity index is 1.99. The summed E-state index contributed by atoms with van der Waals surface area (Å²) in [6.45, 7) is 5.77. The molecule has 0 bridgehead atoms. The van der Waals surface area contributed by atoms with E-state index in [1.54, 1.807) is 0 Å². The molecule has 0 spiro atoms. The van der Waals surface area contributed by atoms with E-state index in [1.165, 1.54) is 11.1 Å². The van der Waals surface area contributed by atoms with Crippen molar-refractivity contribution in [2.24, 2.45) is 0 Å². The summed E-state index contributed by atoms with van der Waals surface area (Å²) in [5.74, 6) is 0. The smallest absolute Gasteiger partial charge is 0.0953 e. The van der Waals surface area contributed by atoms with Gasteiger partial charge in [0.1, 0.15) is 0 Å². The van der Waals surface area contributed by atoms with Gasteiger partial charge in [-0.3, -0.25) is 0 Å². The van der Waals surface area contributed by atoms with E-state index >= 15 is 0 Å². The van der Waals surface area contributed by atoms with Crippen LogP contribution >= 0.6 is 0 Å². The summed E-state index contributed by atoms with van der Waals surface area (Å²) in [5.41, 5.74) is 2.43. The van der Waals surface area contributed by atoms with Gasteiger partial charge in [-0.1, -0.05) is 74.5 Å². The van der Waals surface area contributed by atoms with Gasteiger partial charge in [0.05, 0.1) is 12.7 Å². The Bertz CT molecular complexity index is 481. The fourth-order valence-corrected chi connectivity index (χ4v) is 2.05. The monoisotopic (exact) mass is 269 g/mol. The number of rotatable bonds is 7. The van der Waals surface area contributed by atoms with Crippen LogP contribution in [0.2, 0.25) is 0 Å². The molecule has 0 aliphatic rings. The maximum Gasteiger partial charge on any atom is 0.0953 e. The number of nitrogens with one attached hydrogen (secondary N) is 1. The lowest BCUT2D eigenvalue weighted by Gasteiger charge is -2.20. The molecule has 20 heavy (non-hydrogen) atoms. The van der Waals surface area contributed by atoms with E-state index in [-0.39, 0.29) is 6.10 Å². The van der Waals surface area contributed by atoms with Crippen LogP contribution in [0.1, 0.15) is 31.1 Å². The third-order valence-electron chi connectivity index (χ3n) is 3.18. The summed E-state index contributed by atoms with van der Waals surface area (Å²) in [6, 6.07) is 21.2. The van der Waals surface area contributed by atoms with E-state index < -0.39 is 0 Å². The second kappa shape index (κ2) is 7.83. The van der Waals surface area contributed by atoms with Crippen molar-refractivity contribution in [2.45, 2.75) is 32.6 Å². The molecule has 106 valence electrons. The minimum absolute atomic E-state index is 0.0822. The standard InChI is InChI=1S/C18H23NO/c1-15(2)19-13-18(17-11-7-4-8-12-17)20-14-16-9-5-3-6-10-16/h3-12,15,18-19H,13-14H2,1-2H3. The van der Waals surface area contributed by atoms with E-state index in [4.69, 9.17) is 4.74 Å². The molecule has 1 atom stereocenters. The van der Waals surface area contributed by atoms with Gasteiger partial charge in [-0.05, 0) is 11.1 Å². The highest BCUT2D eigenvalue weighted by Crippen LogP contribution is 2.18. The molecular formula is C18H23NO. The van der Waals surface area contributed by atoms with E-state index in [2.05, 4.69) is 55.6 Å².